The molecule has 0 aromatic heterocycles. The van der Waals surface area contributed by atoms with Crippen molar-refractivity contribution in [3.05, 3.63) is 88.9 Å². The Bertz CT molecular complexity index is 1240. The van der Waals surface area contributed by atoms with Crippen molar-refractivity contribution in [1.82, 2.24) is 0 Å². The third-order valence-corrected chi connectivity index (χ3v) is 6.92. The average molecular weight is 501 g/mol. The molecule has 0 saturated heterocycles. The van der Waals surface area contributed by atoms with E-state index < -0.39 is 10.0 Å². The van der Waals surface area contributed by atoms with Gasteiger partial charge in [-0.1, -0.05) is 35.9 Å². The molecular formula is C25H25ClN2O5S. The Morgan fingerprint density at radius 2 is 1.50 bits per heavy atom. The van der Waals surface area contributed by atoms with E-state index in [1.165, 1.54) is 35.5 Å². The lowest BCUT2D eigenvalue weighted by Crippen LogP contribution is -2.30. The maximum absolute atomic E-state index is 13.6. The number of esters is 1. The normalized spacial score (nSPS) is 11.0. The smallest absolute Gasteiger partial charge is 0.310 e. The minimum atomic E-state index is -3.96. The molecule has 0 fully saturated rings. The predicted octanol–water partition coefficient (Wildman–Crippen LogP) is 4.80. The molecule has 0 bridgehead atoms. The fourth-order valence-corrected chi connectivity index (χ4v) is 4.85. The predicted molar refractivity (Wildman–Crippen MR) is 132 cm³/mol. The molecule has 0 saturated carbocycles. The summed E-state index contributed by atoms with van der Waals surface area (Å²) in [4.78, 5) is 23.1. The van der Waals surface area contributed by atoms with E-state index in [2.05, 4.69) is 5.32 Å². The van der Waals surface area contributed by atoms with E-state index in [1.807, 2.05) is 0 Å². The number of sulfonamides is 1. The van der Waals surface area contributed by atoms with Gasteiger partial charge in [0.1, 0.15) is 0 Å². The van der Waals surface area contributed by atoms with Crippen LogP contribution in [0, 0.1) is 0 Å². The third-order valence-electron chi connectivity index (χ3n) is 4.88. The van der Waals surface area contributed by atoms with E-state index in [9.17, 15) is 18.0 Å². The van der Waals surface area contributed by atoms with Crippen LogP contribution in [0.15, 0.2) is 77.7 Å². The second-order valence-electron chi connectivity index (χ2n) is 7.49. The molecule has 3 rings (SSSR count). The van der Waals surface area contributed by atoms with Crippen LogP contribution in [0.25, 0.3) is 0 Å². The highest BCUT2D eigenvalue weighted by atomic mass is 35.5. The van der Waals surface area contributed by atoms with Gasteiger partial charge in [0.2, 0.25) is 5.91 Å². The molecule has 7 nitrogen and oxygen atoms in total. The van der Waals surface area contributed by atoms with Crippen LogP contribution in [0.3, 0.4) is 0 Å². The molecule has 0 atom stereocenters. The molecule has 178 valence electrons. The lowest BCUT2D eigenvalue weighted by molar-refractivity contribution is -0.142. The van der Waals surface area contributed by atoms with Crippen molar-refractivity contribution in [3.8, 4) is 0 Å². The van der Waals surface area contributed by atoms with E-state index in [0.717, 1.165) is 5.56 Å². The van der Waals surface area contributed by atoms with Crippen LogP contribution in [0.4, 0.5) is 11.4 Å². The standard InChI is InChI=1S/C25H25ClN2O5S/c1-3-33-25(30)16-19-6-12-23(13-7-19)28(17-20-4-8-21(26)9-5-20)34(31,32)24-14-10-22(11-15-24)27-18(2)29/h4-15H,3,16-17H2,1-2H3,(H,27,29). The number of hydrogen-bond donors (Lipinski definition) is 1. The molecule has 0 aliphatic carbocycles. The summed E-state index contributed by atoms with van der Waals surface area (Å²) in [5.74, 6) is -0.594. The van der Waals surface area contributed by atoms with Gasteiger partial charge in [-0.3, -0.25) is 13.9 Å². The van der Waals surface area contributed by atoms with Crippen molar-refractivity contribution < 1.29 is 22.7 Å². The zero-order valence-corrected chi connectivity index (χ0v) is 20.4. The van der Waals surface area contributed by atoms with Crippen LogP contribution < -0.4 is 9.62 Å². The number of benzene rings is 3. The van der Waals surface area contributed by atoms with Gasteiger partial charge in [-0.15, -0.1) is 0 Å². The zero-order chi connectivity index (χ0) is 24.7. The first-order valence-electron chi connectivity index (χ1n) is 10.6. The molecule has 0 spiro atoms. The van der Waals surface area contributed by atoms with Gasteiger partial charge in [0.05, 0.1) is 30.2 Å². The number of nitrogens with zero attached hydrogens (tertiary/aromatic N) is 1. The SMILES string of the molecule is CCOC(=O)Cc1ccc(N(Cc2ccc(Cl)cc2)S(=O)(=O)c2ccc(NC(C)=O)cc2)cc1. The van der Waals surface area contributed by atoms with Crippen LogP contribution in [0.2, 0.25) is 5.02 Å². The highest BCUT2D eigenvalue weighted by molar-refractivity contribution is 7.92. The van der Waals surface area contributed by atoms with E-state index in [1.54, 1.807) is 55.5 Å². The van der Waals surface area contributed by atoms with Crippen LogP contribution >= 0.6 is 11.6 Å². The first kappa shape index (κ1) is 25.3. The summed E-state index contributed by atoms with van der Waals surface area (Å²) in [5, 5.41) is 3.17. The van der Waals surface area contributed by atoms with E-state index in [0.29, 0.717) is 28.6 Å². The number of rotatable bonds is 9. The third kappa shape index (κ3) is 6.59. The first-order chi connectivity index (χ1) is 16.2. The Morgan fingerprint density at radius 3 is 2.06 bits per heavy atom. The van der Waals surface area contributed by atoms with Gasteiger partial charge in [0.15, 0.2) is 0 Å². The van der Waals surface area contributed by atoms with Crippen LogP contribution in [-0.2, 0) is 37.3 Å². The van der Waals surface area contributed by atoms with Crippen molar-refractivity contribution in [2.75, 3.05) is 16.2 Å². The summed E-state index contributed by atoms with van der Waals surface area (Å²) in [6.45, 7) is 3.49. The summed E-state index contributed by atoms with van der Waals surface area (Å²) >= 11 is 5.98. The Hall–Kier alpha value is -3.36. The topological polar surface area (TPSA) is 92.8 Å². The first-order valence-corrected chi connectivity index (χ1v) is 12.4. The largest absolute Gasteiger partial charge is 0.466 e. The quantitative estimate of drug-likeness (QED) is 0.426. The van der Waals surface area contributed by atoms with Gasteiger partial charge < -0.3 is 10.1 Å². The highest BCUT2D eigenvalue weighted by Gasteiger charge is 2.25. The average Bonchev–Trinajstić information content (AvgIpc) is 2.79. The number of hydrogen-bond acceptors (Lipinski definition) is 5. The molecule has 0 heterocycles. The molecule has 1 N–H and O–H groups in total. The summed E-state index contributed by atoms with van der Waals surface area (Å²) in [7, 11) is -3.96. The van der Waals surface area contributed by atoms with Crippen molar-refractivity contribution in [2.24, 2.45) is 0 Å². The second-order valence-corrected chi connectivity index (χ2v) is 9.79. The lowest BCUT2D eigenvalue weighted by atomic mass is 10.1. The molecular weight excluding hydrogens is 476 g/mol. The lowest BCUT2D eigenvalue weighted by Gasteiger charge is -2.25. The maximum atomic E-state index is 13.6. The van der Waals surface area contributed by atoms with Crippen molar-refractivity contribution >= 4 is 44.9 Å². The molecule has 3 aromatic carbocycles. The summed E-state index contributed by atoms with van der Waals surface area (Å²) in [6, 6.07) is 19.6. The minimum absolute atomic E-state index is 0.0736. The van der Waals surface area contributed by atoms with Crippen molar-refractivity contribution in [2.45, 2.75) is 31.7 Å². The highest BCUT2D eigenvalue weighted by Crippen LogP contribution is 2.28. The Kier molecular flexibility index (Phi) is 8.31. The molecule has 3 aromatic rings. The van der Waals surface area contributed by atoms with Gasteiger partial charge in [0, 0.05) is 17.6 Å². The molecule has 0 unspecified atom stereocenters. The van der Waals surface area contributed by atoms with E-state index in [4.69, 9.17) is 16.3 Å². The van der Waals surface area contributed by atoms with Crippen LogP contribution in [0.5, 0.6) is 0 Å². The van der Waals surface area contributed by atoms with Gasteiger partial charge in [-0.25, -0.2) is 8.42 Å². The van der Waals surface area contributed by atoms with Crippen LogP contribution in [-0.4, -0.2) is 26.9 Å². The van der Waals surface area contributed by atoms with E-state index in [-0.39, 0.29) is 29.7 Å². The number of halogens is 1. The Morgan fingerprint density at radius 1 is 0.912 bits per heavy atom. The molecule has 34 heavy (non-hydrogen) atoms. The number of amides is 1. The molecule has 0 aliphatic heterocycles. The summed E-state index contributed by atoms with van der Waals surface area (Å²) < 4.78 is 33.5. The van der Waals surface area contributed by atoms with Gasteiger partial charge in [0.25, 0.3) is 10.0 Å². The van der Waals surface area contributed by atoms with Gasteiger partial charge >= 0.3 is 5.97 Å². The second kappa shape index (κ2) is 11.2. The number of anilines is 2. The maximum Gasteiger partial charge on any atom is 0.310 e. The summed E-state index contributed by atoms with van der Waals surface area (Å²) in [6.07, 6.45) is 0.0999. The van der Waals surface area contributed by atoms with Crippen molar-refractivity contribution in [3.63, 3.8) is 0 Å². The van der Waals surface area contributed by atoms with Crippen LogP contribution in [0.1, 0.15) is 25.0 Å². The van der Waals surface area contributed by atoms with Gasteiger partial charge in [-0.2, -0.15) is 0 Å². The molecule has 9 heteroatoms. The molecule has 0 aliphatic rings. The monoisotopic (exact) mass is 500 g/mol. The van der Waals surface area contributed by atoms with E-state index >= 15 is 0 Å². The van der Waals surface area contributed by atoms with Crippen molar-refractivity contribution in [1.29, 1.82) is 0 Å². The number of carbonyl (C=O) groups excluding carboxylic acids is 2. The fourth-order valence-electron chi connectivity index (χ4n) is 3.27. The number of carbonyl (C=O) groups is 2. The number of nitrogens with one attached hydrogen (secondary N) is 1. The Labute approximate surface area is 204 Å². The summed E-state index contributed by atoms with van der Waals surface area (Å²) in [5.41, 5.74) is 2.40. The zero-order valence-electron chi connectivity index (χ0n) is 18.8. The van der Waals surface area contributed by atoms with Gasteiger partial charge in [-0.05, 0) is 66.6 Å². The number of ether oxygens (including phenoxy) is 1. The molecule has 1 amide bonds. The Balaban J connectivity index is 1.95. The molecule has 0 radical (unpaired) electrons. The minimum Gasteiger partial charge on any atom is -0.466 e. The fraction of sp³-hybridized carbons (Fsp3) is 0.200.